The number of methoxy groups -OCH3 is 1. The van der Waals surface area contributed by atoms with E-state index in [1.807, 2.05) is 18.2 Å². The fourth-order valence-electron chi connectivity index (χ4n) is 3.02. The molecule has 0 unspecified atom stereocenters. The first kappa shape index (κ1) is 16.1. The Bertz CT molecular complexity index is 785. The number of aromatic carboxylic acids is 1. The van der Waals surface area contributed by atoms with Crippen molar-refractivity contribution in [2.24, 2.45) is 0 Å². The number of fused-ring (bicyclic) bond motifs is 1. The lowest BCUT2D eigenvalue weighted by molar-refractivity contribution is -0.118. The summed E-state index contributed by atoms with van der Waals surface area (Å²) in [5.41, 5.74) is 2.92. The number of carbonyl (C=O) groups is 2. The number of carbonyl (C=O) groups excluding carboxylic acids is 1. The Balaban J connectivity index is 1.84. The number of amides is 1. The summed E-state index contributed by atoms with van der Waals surface area (Å²) in [6.07, 6.45) is 2.04. The van der Waals surface area contributed by atoms with Crippen LogP contribution < -0.4 is 9.64 Å². The Kier molecular flexibility index (Phi) is 4.51. The van der Waals surface area contributed by atoms with Crippen molar-refractivity contribution in [1.29, 1.82) is 0 Å². The first-order valence-corrected chi connectivity index (χ1v) is 7.88. The Morgan fingerprint density at radius 1 is 1.21 bits per heavy atom. The van der Waals surface area contributed by atoms with Gasteiger partial charge in [0.2, 0.25) is 5.91 Å². The van der Waals surface area contributed by atoms with E-state index in [-0.39, 0.29) is 17.9 Å². The van der Waals surface area contributed by atoms with E-state index in [2.05, 4.69) is 0 Å². The summed E-state index contributed by atoms with van der Waals surface area (Å²) >= 11 is 0. The monoisotopic (exact) mass is 325 g/mol. The molecule has 0 aromatic heterocycles. The normalized spacial score (nSPS) is 13.3. The molecule has 0 fully saturated rings. The summed E-state index contributed by atoms with van der Waals surface area (Å²) < 4.78 is 5.27. The summed E-state index contributed by atoms with van der Waals surface area (Å²) in [6.45, 7) is 0.664. The van der Waals surface area contributed by atoms with E-state index in [0.717, 1.165) is 29.8 Å². The average molecular weight is 325 g/mol. The van der Waals surface area contributed by atoms with Crippen molar-refractivity contribution < 1.29 is 19.4 Å². The maximum atomic E-state index is 12.7. The van der Waals surface area contributed by atoms with E-state index in [1.165, 1.54) is 6.07 Å². The average Bonchev–Trinajstić information content (AvgIpc) is 2.60. The Morgan fingerprint density at radius 3 is 2.79 bits per heavy atom. The molecule has 0 aliphatic carbocycles. The standard InChI is InChI=1S/C19H19NO4/c1-24-16-8-7-14-6-3-9-20(17(14)12-16)18(21)11-13-4-2-5-15(10-13)19(22)23/h2,4-5,7-8,10,12H,3,6,9,11H2,1H3,(H,22,23). The van der Waals surface area contributed by atoms with Gasteiger partial charge in [-0.1, -0.05) is 18.2 Å². The summed E-state index contributed by atoms with van der Waals surface area (Å²) in [4.78, 5) is 25.6. The molecule has 1 heterocycles. The van der Waals surface area contributed by atoms with Crippen LogP contribution in [0.1, 0.15) is 27.9 Å². The molecule has 1 aliphatic heterocycles. The van der Waals surface area contributed by atoms with Crippen LogP contribution in [0.25, 0.3) is 0 Å². The Labute approximate surface area is 140 Å². The molecular formula is C19H19NO4. The Hall–Kier alpha value is -2.82. The van der Waals surface area contributed by atoms with Crippen molar-refractivity contribution in [1.82, 2.24) is 0 Å². The van der Waals surface area contributed by atoms with Crippen molar-refractivity contribution in [2.75, 3.05) is 18.6 Å². The van der Waals surface area contributed by atoms with Gasteiger partial charge in [0.15, 0.2) is 0 Å². The zero-order chi connectivity index (χ0) is 17.1. The number of hydrogen-bond acceptors (Lipinski definition) is 3. The highest BCUT2D eigenvalue weighted by Crippen LogP contribution is 2.31. The molecule has 1 aliphatic rings. The predicted molar refractivity (Wildman–Crippen MR) is 90.8 cm³/mol. The third-order valence-corrected chi connectivity index (χ3v) is 4.24. The van der Waals surface area contributed by atoms with Crippen LogP contribution in [0.5, 0.6) is 5.75 Å². The lowest BCUT2D eigenvalue weighted by Crippen LogP contribution is -2.36. The number of carboxylic acid groups (broad SMARTS) is 1. The third-order valence-electron chi connectivity index (χ3n) is 4.24. The van der Waals surface area contributed by atoms with Crippen molar-refractivity contribution in [2.45, 2.75) is 19.3 Å². The van der Waals surface area contributed by atoms with Gasteiger partial charge in [0.05, 0.1) is 24.8 Å². The molecule has 5 heteroatoms. The number of benzene rings is 2. The molecule has 0 saturated carbocycles. The van der Waals surface area contributed by atoms with Gasteiger partial charge in [-0.15, -0.1) is 0 Å². The van der Waals surface area contributed by atoms with Gasteiger partial charge in [-0.05, 0) is 42.2 Å². The van der Waals surface area contributed by atoms with Gasteiger partial charge in [-0.3, -0.25) is 4.79 Å². The van der Waals surface area contributed by atoms with Crippen LogP contribution in [0, 0.1) is 0 Å². The quantitative estimate of drug-likeness (QED) is 0.938. The third kappa shape index (κ3) is 3.25. The first-order chi connectivity index (χ1) is 11.6. The molecule has 0 saturated heterocycles. The zero-order valence-corrected chi connectivity index (χ0v) is 13.5. The second-order valence-electron chi connectivity index (χ2n) is 5.83. The molecule has 0 bridgehead atoms. The molecule has 0 spiro atoms. The number of rotatable bonds is 4. The fourth-order valence-corrected chi connectivity index (χ4v) is 3.02. The number of hydrogen-bond donors (Lipinski definition) is 1. The highest BCUT2D eigenvalue weighted by Gasteiger charge is 2.23. The minimum absolute atomic E-state index is 0.0354. The second-order valence-corrected chi connectivity index (χ2v) is 5.83. The number of aryl methyl sites for hydroxylation is 1. The van der Waals surface area contributed by atoms with Crippen molar-refractivity contribution >= 4 is 17.6 Å². The highest BCUT2D eigenvalue weighted by molar-refractivity contribution is 5.96. The van der Waals surface area contributed by atoms with Crippen molar-refractivity contribution in [3.63, 3.8) is 0 Å². The highest BCUT2D eigenvalue weighted by atomic mass is 16.5. The molecule has 124 valence electrons. The van der Waals surface area contributed by atoms with Crippen LogP contribution >= 0.6 is 0 Å². The molecule has 0 radical (unpaired) electrons. The lowest BCUT2D eigenvalue weighted by Gasteiger charge is -2.30. The first-order valence-electron chi connectivity index (χ1n) is 7.88. The minimum atomic E-state index is -0.989. The maximum Gasteiger partial charge on any atom is 0.335 e. The van der Waals surface area contributed by atoms with Crippen LogP contribution in [0.15, 0.2) is 42.5 Å². The summed E-state index contributed by atoms with van der Waals surface area (Å²) in [6, 6.07) is 12.3. The van der Waals surface area contributed by atoms with E-state index >= 15 is 0 Å². The van der Waals surface area contributed by atoms with Gasteiger partial charge in [0.1, 0.15) is 5.75 Å². The smallest absolute Gasteiger partial charge is 0.335 e. The topological polar surface area (TPSA) is 66.8 Å². The molecule has 24 heavy (non-hydrogen) atoms. The van der Waals surface area contributed by atoms with Crippen molar-refractivity contribution in [3.8, 4) is 5.75 Å². The zero-order valence-electron chi connectivity index (χ0n) is 13.5. The van der Waals surface area contributed by atoms with Gasteiger partial charge >= 0.3 is 5.97 Å². The molecular weight excluding hydrogens is 306 g/mol. The number of carboxylic acids is 1. The number of nitrogens with zero attached hydrogens (tertiary/aromatic N) is 1. The van der Waals surface area contributed by atoms with E-state index < -0.39 is 5.97 Å². The van der Waals surface area contributed by atoms with Gasteiger partial charge < -0.3 is 14.7 Å². The van der Waals surface area contributed by atoms with E-state index in [9.17, 15) is 9.59 Å². The molecule has 1 N–H and O–H groups in total. The summed E-state index contributed by atoms with van der Waals surface area (Å²) in [5, 5.41) is 9.07. The van der Waals surface area contributed by atoms with Crippen molar-refractivity contribution in [3.05, 3.63) is 59.2 Å². The number of ether oxygens (including phenoxy) is 1. The maximum absolute atomic E-state index is 12.7. The fraction of sp³-hybridized carbons (Fsp3) is 0.263. The van der Waals surface area contributed by atoms with Gasteiger partial charge in [-0.25, -0.2) is 4.79 Å². The molecule has 2 aromatic rings. The largest absolute Gasteiger partial charge is 0.497 e. The van der Waals surface area contributed by atoms with E-state index in [0.29, 0.717) is 12.1 Å². The minimum Gasteiger partial charge on any atom is -0.497 e. The molecule has 0 atom stereocenters. The Morgan fingerprint density at radius 2 is 2.04 bits per heavy atom. The van der Waals surface area contributed by atoms with Gasteiger partial charge in [0.25, 0.3) is 0 Å². The molecule has 5 nitrogen and oxygen atoms in total. The van der Waals surface area contributed by atoms with Crippen LogP contribution in [0.4, 0.5) is 5.69 Å². The lowest BCUT2D eigenvalue weighted by atomic mass is 10.00. The molecule has 2 aromatic carbocycles. The van der Waals surface area contributed by atoms with Gasteiger partial charge in [-0.2, -0.15) is 0 Å². The van der Waals surface area contributed by atoms with Crippen LogP contribution in [-0.2, 0) is 17.6 Å². The van der Waals surface area contributed by atoms with Gasteiger partial charge in [0, 0.05) is 12.6 Å². The number of anilines is 1. The van der Waals surface area contributed by atoms with Crippen LogP contribution in [0.3, 0.4) is 0 Å². The molecule has 3 rings (SSSR count). The SMILES string of the molecule is COc1ccc2c(c1)N(C(=O)Cc1cccc(C(=O)O)c1)CCC2. The summed E-state index contributed by atoms with van der Waals surface area (Å²) in [7, 11) is 1.61. The van der Waals surface area contributed by atoms with Crippen LogP contribution in [0.2, 0.25) is 0 Å². The van der Waals surface area contributed by atoms with Crippen LogP contribution in [-0.4, -0.2) is 30.6 Å². The molecule has 1 amide bonds. The summed E-state index contributed by atoms with van der Waals surface area (Å²) in [5.74, 6) is -0.301. The van der Waals surface area contributed by atoms with E-state index in [4.69, 9.17) is 9.84 Å². The predicted octanol–water partition coefficient (Wildman–Crippen LogP) is 2.92. The van der Waals surface area contributed by atoms with E-state index in [1.54, 1.807) is 30.2 Å². The second kappa shape index (κ2) is 6.74.